The van der Waals surface area contributed by atoms with Crippen molar-refractivity contribution in [3.05, 3.63) is 23.8 Å². The van der Waals surface area contributed by atoms with Crippen LogP contribution in [0, 0.1) is 5.41 Å². The molecular weight excluding hydrogens is 228 g/mol. The molecule has 4 heteroatoms. The molecular formula is C14H20N2O2. The van der Waals surface area contributed by atoms with Crippen molar-refractivity contribution in [2.24, 2.45) is 5.41 Å². The highest BCUT2D eigenvalue weighted by Crippen LogP contribution is 2.45. The van der Waals surface area contributed by atoms with E-state index in [1.807, 2.05) is 12.1 Å². The summed E-state index contributed by atoms with van der Waals surface area (Å²) in [6.07, 6.45) is 2.49. The Balaban J connectivity index is 2.11. The van der Waals surface area contributed by atoms with Gasteiger partial charge in [-0.2, -0.15) is 0 Å². The van der Waals surface area contributed by atoms with Gasteiger partial charge in [-0.15, -0.1) is 0 Å². The Kier molecular flexibility index (Phi) is 3.45. The van der Waals surface area contributed by atoms with Gasteiger partial charge in [0.05, 0.1) is 23.5 Å². The first-order chi connectivity index (χ1) is 8.56. The molecule has 0 amide bonds. The van der Waals surface area contributed by atoms with Crippen LogP contribution in [0.5, 0.6) is 0 Å². The molecule has 1 aliphatic rings. The van der Waals surface area contributed by atoms with E-state index in [2.05, 4.69) is 12.2 Å². The second-order valence-corrected chi connectivity index (χ2v) is 5.15. The van der Waals surface area contributed by atoms with E-state index in [-0.39, 0.29) is 5.97 Å². The van der Waals surface area contributed by atoms with Gasteiger partial charge < -0.3 is 15.8 Å². The predicted octanol–water partition coefficient (Wildman–Crippen LogP) is 2.66. The van der Waals surface area contributed by atoms with Gasteiger partial charge in [0.1, 0.15) is 0 Å². The summed E-state index contributed by atoms with van der Waals surface area (Å²) in [6.45, 7) is 5.27. The first kappa shape index (κ1) is 12.7. The summed E-state index contributed by atoms with van der Waals surface area (Å²) in [7, 11) is 0. The Bertz CT molecular complexity index is 453. The lowest BCUT2D eigenvalue weighted by Gasteiger charge is -2.15. The third-order valence-electron chi connectivity index (χ3n) is 3.41. The molecule has 1 fully saturated rings. The minimum Gasteiger partial charge on any atom is -0.462 e. The molecule has 1 aromatic rings. The molecule has 0 unspecified atom stereocenters. The summed E-state index contributed by atoms with van der Waals surface area (Å²) in [5.74, 6) is -0.365. The van der Waals surface area contributed by atoms with Crippen molar-refractivity contribution in [2.45, 2.75) is 26.7 Å². The Hall–Kier alpha value is -1.71. The number of nitrogen functional groups attached to an aromatic ring is 1. The normalized spacial score (nSPS) is 16.1. The van der Waals surface area contributed by atoms with Crippen LogP contribution in [0.3, 0.4) is 0 Å². The van der Waals surface area contributed by atoms with Gasteiger partial charge in [-0.05, 0) is 37.3 Å². The van der Waals surface area contributed by atoms with Crippen molar-refractivity contribution in [3.63, 3.8) is 0 Å². The van der Waals surface area contributed by atoms with E-state index in [4.69, 9.17) is 10.5 Å². The number of nitrogens with two attached hydrogens (primary N) is 1. The molecule has 0 heterocycles. The summed E-state index contributed by atoms with van der Waals surface area (Å²) >= 11 is 0. The molecule has 0 aliphatic heterocycles. The molecule has 0 spiro atoms. The number of carbonyl (C=O) groups is 1. The van der Waals surface area contributed by atoms with E-state index in [0.717, 1.165) is 12.2 Å². The summed E-state index contributed by atoms with van der Waals surface area (Å²) in [5, 5.41) is 3.32. The molecule has 0 radical (unpaired) electrons. The van der Waals surface area contributed by atoms with E-state index in [1.54, 1.807) is 13.0 Å². The maximum Gasteiger partial charge on any atom is 0.340 e. The van der Waals surface area contributed by atoms with E-state index in [0.29, 0.717) is 23.3 Å². The molecule has 4 nitrogen and oxygen atoms in total. The van der Waals surface area contributed by atoms with E-state index < -0.39 is 0 Å². The lowest BCUT2D eigenvalue weighted by Crippen LogP contribution is -2.15. The standard InChI is InChI=1S/C14H20N2O2/c1-3-18-13(17)10-5-4-6-11(12(10)15)16-9-14(2)7-8-14/h4-6,16H,3,7-9,15H2,1-2H3. The number of carbonyl (C=O) groups excluding carboxylic acids is 1. The lowest BCUT2D eigenvalue weighted by atomic mass is 10.1. The number of anilines is 2. The van der Waals surface area contributed by atoms with Crippen molar-refractivity contribution in [3.8, 4) is 0 Å². The number of benzene rings is 1. The zero-order valence-electron chi connectivity index (χ0n) is 11.0. The highest BCUT2D eigenvalue weighted by atomic mass is 16.5. The molecule has 0 atom stereocenters. The van der Waals surface area contributed by atoms with Crippen LogP contribution in [-0.2, 0) is 4.74 Å². The maximum atomic E-state index is 11.7. The van der Waals surface area contributed by atoms with Crippen LogP contribution in [0.15, 0.2) is 18.2 Å². The molecule has 2 rings (SSSR count). The van der Waals surface area contributed by atoms with Gasteiger partial charge in [0.2, 0.25) is 0 Å². The maximum absolute atomic E-state index is 11.7. The number of nitrogens with one attached hydrogen (secondary N) is 1. The summed E-state index contributed by atoms with van der Waals surface area (Å²) in [5.41, 5.74) is 8.12. The molecule has 0 saturated heterocycles. The number of esters is 1. The van der Waals surface area contributed by atoms with Gasteiger partial charge in [0.25, 0.3) is 0 Å². The van der Waals surface area contributed by atoms with Crippen molar-refractivity contribution < 1.29 is 9.53 Å². The zero-order valence-corrected chi connectivity index (χ0v) is 11.0. The molecule has 1 saturated carbocycles. The van der Waals surface area contributed by atoms with Crippen molar-refractivity contribution in [2.75, 3.05) is 24.2 Å². The van der Waals surface area contributed by atoms with Gasteiger partial charge in [0.15, 0.2) is 0 Å². The van der Waals surface area contributed by atoms with E-state index in [1.165, 1.54) is 12.8 Å². The van der Waals surface area contributed by atoms with E-state index in [9.17, 15) is 4.79 Å². The molecule has 1 aromatic carbocycles. The van der Waals surface area contributed by atoms with E-state index >= 15 is 0 Å². The second-order valence-electron chi connectivity index (χ2n) is 5.15. The fraction of sp³-hybridized carbons (Fsp3) is 0.500. The van der Waals surface area contributed by atoms with Crippen molar-refractivity contribution in [1.82, 2.24) is 0 Å². The average Bonchev–Trinajstić information content (AvgIpc) is 3.07. The van der Waals surface area contributed by atoms with Crippen LogP contribution in [-0.4, -0.2) is 19.1 Å². The Morgan fingerprint density at radius 3 is 2.83 bits per heavy atom. The van der Waals surface area contributed by atoms with Crippen LogP contribution < -0.4 is 11.1 Å². The van der Waals surface area contributed by atoms with Crippen LogP contribution in [0.1, 0.15) is 37.0 Å². The number of hydrogen-bond donors (Lipinski definition) is 2. The molecule has 0 aromatic heterocycles. The number of hydrogen-bond acceptors (Lipinski definition) is 4. The van der Waals surface area contributed by atoms with Crippen LogP contribution in [0.25, 0.3) is 0 Å². The van der Waals surface area contributed by atoms with Crippen LogP contribution >= 0.6 is 0 Å². The Morgan fingerprint density at radius 2 is 2.22 bits per heavy atom. The molecule has 18 heavy (non-hydrogen) atoms. The summed E-state index contributed by atoms with van der Waals surface area (Å²) in [6, 6.07) is 5.40. The summed E-state index contributed by atoms with van der Waals surface area (Å²) < 4.78 is 4.97. The SMILES string of the molecule is CCOC(=O)c1cccc(NCC2(C)CC2)c1N. The van der Waals surface area contributed by atoms with Gasteiger partial charge >= 0.3 is 5.97 Å². The smallest absolute Gasteiger partial charge is 0.340 e. The van der Waals surface area contributed by atoms with Gasteiger partial charge in [-0.25, -0.2) is 4.79 Å². The third-order valence-corrected chi connectivity index (χ3v) is 3.41. The quantitative estimate of drug-likeness (QED) is 0.621. The highest BCUT2D eigenvalue weighted by molar-refractivity contribution is 5.98. The third kappa shape index (κ3) is 2.75. The fourth-order valence-electron chi connectivity index (χ4n) is 1.80. The highest BCUT2D eigenvalue weighted by Gasteiger charge is 2.36. The van der Waals surface area contributed by atoms with Gasteiger partial charge in [0, 0.05) is 6.54 Å². The molecule has 98 valence electrons. The second kappa shape index (κ2) is 4.88. The molecule has 1 aliphatic carbocycles. The van der Waals surface area contributed by atoms with Crippen LogP contribution in [0.2, 0.25) is 0 Å². The van der Waals surface area contributed by atoms with Gasteiger partial charge in [-0.1, -0.05) is 13.0 Å². The first-order valence-corrected chi connectivity index (χ1v) is 6.35. The lowest BCUT2D eigenvalue weighted by molar-refractivity contribution is 0.0527. The molecule has 3 N–H and O–H groups in total. The largest absolute Gasteiger partial charge is 0.462 e. The summed E-state index contributed by atoms with van der Waals surface area (Å²) in [4.78, 5) is 11.7. The minimum absolute atomic E-state index is 0.355. The first-order valence-electron chi connectivity index (χ1n) is 6.35. The van der Waals surface area contributed by atoms with Gasteiger partial charge in [-0.3, -0.25) is 0 Å². The zero-order chi connectivity index (χ0) is 13.2. The van der Waals surface area contributed by atoms with Crippen molar-refractivity contribution >= 4 is 17.3 Å². The Labute approximate surface area is 108 Å². The minimum atomic E-state index is -0.365. The topological polar surface area (TPSA) is 64.3 Å². The Morgan fingerprint density at radius 1 is 1.50 bits per heavy atom. The number of ether oxygens (including phenoxy) is 1. The number of para-hydroxylation sites is 1. The van der Waals surface area contributed by atoms with Crippen LogP contribution in [0.4, 0.5) is 11.4 Å². The number of rotatable bonds is 5. The monoisotopic (exact) mass is 248 g/mol. The molecule has 0 bridgehead atoms. The average molecular weight is 248 g/mol. The predicted molar refractivity (Wildman–Crippen MR) is 72.6 cm³/mol. The fourth-order valence-corrected chi connectivity index (χ4v) is 1.80. The van der Waals surface area contributed by atoms with Crippen molar-refractivity contribution in [1.29, 1.82) is 0 Å².